The number of nitrogens with one attached hydrogen (secondary N) is 2. The van der Waals surface area contributed by atoms with Gasteiger partial charge < -0.3 is 10.4 Å². The smallest absolute Gasteiger partial charge is 0.143 e. The van der Waals surface area contributed by atoms with Gasteiger partial charge >= 0.3 is 0 Å². The highest BCUT2D eigenvalue weighted by Gasteiger charge is 2.08. The molecule has 0 bridgehead atoms. The zero-order valence-corrected chi connectivity index (χ0v) is 11.9. The number of aromatic nitrogens is 4. The van der Waals surface area contributed by atoms with Crippen LogP contribution in [-0.4, -0.2) is 19.9 Å². The number of fused-ring (bicyclic) bond motifs is 1. The summed E-state index contributed by atoms with van der Waals surface area (Å²) < 4.78 is 0. The minimum Gasteiger partial charge on any atom is -0.342 e. The molecule has 0 aliphatic heterocycles. The Morgan fingerprint density at radius 2 is 2.05 bits per heavy atom. The molecule has 1 aromatic carbocycles. The van der Waals surface area contributed by atoms with Crippen LogP contribution in [0.5, 0.6) is 0 Å². The molecule has 0 saturated carbocycles. The molecule has 2 heterocycles. The second kappa shape index (κ2) is 5.88. The summed E-state index contributed by atoms with van der Waals surface area (Å²) in [6.07, 6.45) is 2.50. The van der Waals surface area contributed by atoms with Gasteiger partial charge in [-0.1, -0.05) is 25.5 Å². The molecule has 0 fully saturated rings. The summed E-state index contributed by atoms with van der Waals surface area (Å²) in [7, 11) is 0. The van der Waals surface area contributed by atoms with Gasteiger partial charge in [0.15, 0.2) is 0 Å². The van der Waals surface area contributed by atoms with E-state index in [1.54, 1.807) is 0 Å². The molecule has 3 aromatic rings. The van der Waals surface area contributed by atoms with Gasteiger partial charge in [-0.25, -0.2) is 20.8 Å². The van der Waals surface area contributed by atoms with Gasteiger partial charge in [-0.05, 0) is 18.6 Å². The maximum Gasteiger partial charge on any atom is 0.143 e. The molecule has 0 atom stereocenters. The van der Waals surface area contributed by atoms with E-state index in [0.29, 0.717) is 18.1 Å². The summed E-state index contributed by atoms with van der Waals surface area (Å²) in [5, 5.41) is 0. The monoisotopic (exact) mass is 282 g/mol. The number of benzene rings is 1. The first-order valence-electron chi connectivity index (χ1n) is 7.05. The van der Waals surface area contributed by atoms with E-state index in [-0.39, 0.29) is 0 Å². The van der Waals surface area contributed by atoms with Crippen molar-refractivity contribution in [2.75, 3.05) is 5.43 Å². The number of aromatic amines is 1. The number of aryl methyl sites for hydroxylation is 1. The van der Waals surface area contributed by atoms with E-state index in [1.807, 2.05) is 30.3 Å². The Kier molecular flexibility index (Phi) is 3.79. The standard InChI is InChI=1S/C15H18N6/c1-2-5-10-8-15(21-16)20-13(17-10)9-14-18-11-6-3-4-7-12(11)19-14/h3-4,6-8H,2,5,9,16H2,1H3,(H,18,19)(H,17,20,21). The maximum atomic E-state index is 5.47. The van der Waals surface area contributed by atoms with E-state index in [0.717, 1.165) is 35.4 Å². The quantitative estimate of drug-likeness (QED) is 0.492. The van der Waals surface area contributed by atoms with Crippen molar-refractivity contribution in [1.29, 1.82) is 0 Å². The molecule has 3 rings (SSSR count). The number of hydrogen-bond donors (Lipinski definition) is 3. The molecule has 0 aliphatic rings. The second-order valence-corrected chi connectivity index (χ2v) is 4.93. The van der Waals surface area contributed by atoms with Crippen molar-refractivity contribution in [2.45, 2.75) is 26.2 Å². The fraction of sp³-hybridized carbons (Fsp3) is 0.267. The van der Waals surface area contributed by atoms with Crippen molar-refractivity contribution in [3.63, 3.8) is 0 Å². The lowest BCUT2D eigenvalue weighted by Crippen LogP contribution is -2.12. The van der Waals surface area contributed by atoms with Gasteiger partial charge in [0.2, 0.25) is 0 Å². The predicted octanol–water partition coefficient (Wildman–Crippen LogP) is 2.18. The number of hydrogen-bond acceptors (Lipinski definition) is 5. The zero-order valence-electron chi connectivity index (χ0n) is 11.9. The third-order valence-corrected chi connectivity index (χ3v) is 3.24. The molecule has 0 amide bonds. The van der Waals surface area contributed by atoms with E-state index in [2.05, 4.69) is 32.3 Å². The van der Waals surface area contributed by atoms with Crippen molar-refractivity contribution in [1.82, 2.24) is 19.9 Å². The fourth-order valence-corrected chi connectivity index (χ4v) is 2.33. The lowest BCUT2D eigenvalue weighted by molar-refractivity contribution is 0.831. The maximum absolute atomic E-state index is 5.47. The summed E-state index contributed by atoms with van der Waals surface area (Å²) in [6, 6.07) is 9.83. The minimum atomic E-state index is 0.556. The van der Waals surface area contributed by atoms with Gasteiger partial charge in [-0.15, -0.1) is 0 Å². The van der Waals surface area contributed by atoms with Crippen molar-refractivity contribution in [3.8, 4) is 0 Å². The highest BCUT2D eigenvalue weighted by Crippen LogP contribution is 2.14. The summed E-state index contributed by atoms with van der Waals surface area (Å²) in [5.74, 6) is 7.68. The van der Waals surface area contributed by atoms with Gasteiger partial charge in [-0.2, -0.15) is 0 Å². The summed E-state index contributed by atoms with van der Waals surface area (Å²) in [6.45, 7) is 2.12. The number of hydrazine groups is 1. The van der Waals surface area contributed by atoms with Crippen LogP contribution in [0.4, 0.5) is 5.82 Å². The summed E-state index contributed by atoms with van der Waals surface area (Å²) in [4.78, 5) is 16.8. The lowest BCUT2D eigenvalue weighted by Gasteiger charge is -2.06. The van der Waals surface area contributed by atoms with Crippen molar-refractivity contribution >= 4 is 16.9 Å². The van der Waals surface area contributed by atoms with E-state index in [4.69, 9.17) is 5.84 Å². The molecule has 0 aliphatic carbocycles. The van der Waals surface area contributed by atoms with Crippen molar-refractivity contribution in [2.24, 2.45) is 5.84 Å². The van der Waals surface area contributed by atoms with Crippen LogP contribution in [0.1, 0.15) is 30.7 Å². The first-order valence-corrected chi connectivity index (χ1v) is 7.05. The third kappa shape index (κ3) is 3.00. The molecule has 4 N–H and O–H groups in total. The van der Waals surface area contributed by atoms with Gasteiger partial charge in [-0.3, -0.25) is 0 Å². The van der Waals surface area contributed by atoms with E-state index >= 15 is 0 Å². The highest BCUT2D eigenvalue weighted by atomic mass is 15.3. The molecule has 2 aromatic heterocycles. The number of anilines is 1. The van der Waals surface area contributed by atoms with Crippen LogP contribution in [0.25, 0.3) is 11.0 Å². The Labute approximate surface area is 122 Å². The van der Waals surface area contributed by atoms with Crippen LogP contribution >= 0.6 is 0 Å². The van der Waals surface area contributed by atoms with Crippen LogP contribution in [0.15, 0.2) is 30.3 Å². The fourth-order valence-electron chi connectivity index (χ4n) is 2.33. The molecule has 0 unspecified atom stereocenters. The molecule has 0 spiro atoms. The normalized spacial score (nSPS) is 11.0. The van der Waals surface area contributed by atoms with E-state index in [1.165, 1.54) is 0 Å². The number of para-hydroxylation sites is 2. The topological polar surface area (TPSA) is 92.5 Å². The SMILES string of the molecule is CCCc1cc(NN)nc(Cc2nc3ccccc3[nH]2)n1. The molecule has 108 valence electrons. The van der Waals surface area contributed by atoms with Crippen molar-refractivity contribution < 1.29 is 0 Å². The largest absolute Gasteiger partial charge is 0.342 e. The lowest BCUT2D eigenvalue weighted by atomic mass is 10.2. The van der Waals surface area contributed by atoms with Crippen LogP contribution in [-0.2, 0) is 12.8 Å². The third-order valence-electron chi connectivity index (χ3n) is 3.24. The van der Waals surface area contributed by atoms with Gasteiger partial charge in [0.25, 0.3) is 0 Å². The Morgan fingerprint density at radius 1 is 1.19 bits per heavy atom. The van der Waals surface area contributed by atoms with E-state index < -0.39 is 0 Å². The molecule has 21 heavy (non-hydrogen) atoms. The average Bonchev–Trinajstić information content (AvgIpc) is 2.89. The number of nitrogens with zero attached hydrogens (tertiary/aromatic N) is 3. The Bertz CT molecular complexity index is 716. The van der Waals surface area contributed by atoms with Crippen LogP contribution in [0.3, 0.4) is 0 Å². The minimum absolute atomic E-state index is 0.556. The zero-order chi connectivity index (χ0) is 14.7. The predicted molar refractivity (Wildman–Crippen MR) is 82.7 cm³/mol. The number of rotatable bonds is 5. The summed E-state index contributed by atoms with van der Waals surface area (Å²) >= 11 is 0. The van der Waals surface area contributed by atoms with Crippen LogP contribution in [0.2, 0.25) is 0 Å². The Hall–Kier alpha value is -2.47. The van der Waals surface area contributed by atoms with Crippen LogP contribution < -0.4 is 11.3 Å². The van der Waals surface area contributed by atoms with Gasteiger partial charge in [0.05, 0.1) is 17.5 Å². The molecule has 0 saturated heterocycles. The Morgan fingerprint density at radius 3 is 2.81 bits per heavy atom. The molecular formula is C15H18N6. The molecule has 0 radical (unpaired) electrons. The number of imidazole rings is 1. The van der Waals surface area contributed by atoms with Gasteiger partial charge in [0.1, 0.15) is 17.5 Å². The Balaban J connectivity index is 1.90. The molecular weight excluding hydrogens is 264 g/mol. The second-order valence-electron chi connectivity index (χ2n) is 4.93. The molecule has 6 heteroatoms. The molecule has 6 nitrogen and oxygen atoms in total. The van der Waals surface area contributed by atoms with Gasteiger partial charge in [0, 0.05) is 11.8 Å². The van der Waals surface area contributed by atoms with Crippen LogP contribution in [0, 0.1) is 0 Å². The first-order chi connectivity index (χ1) is 10.3. The first kappa shape index (κ1) is 13.5. The average molecular weight is 282 g/mol. The number of nitrogens with two attached hydrogens (primary N) is 1. The van der Waals surface area contributed by atoms with E-state index in [9.17, 15) is 0 Å². The number of nitrogen functional groups attached to an aromatic ring is 1. The van der Waals surface area contributed by atoms with Crippen molar-refractivity contribution in [3.05, 3.63) is 47.7 Å². The number of H-pyrrole nitrogens is 1. The summed E-state index contributed by atoms with van der Waals surface area (Å²) in [5.41, 5.74) is 5.56. The highest BCUT2D eigenvalue weighted by molar-refractivity contribution is 5.74.